The van der Waals surface area contributed by atoms with Crippen molar-refractivity contribution in [3.8, 4) is 11.1 Å². The lowest BCUT2D eigenvalue weighted by Crippen LogP contribution is -1.95. The average molecular weight is 290 g/mol. The third-order valence-electron chi connectivity index (χ3n) is 3.11. The summed E-state index contributed by atoms with van der Waals surface area (Å²) in [6, 6.07) is 11.0. The van der Waals surface area contributed by atoms with Gasteiger partial charge in [-0.15, -0.1) is 0 Å². The summed E-state index contributed by atoms with van der Waals surface area (Å²) in [5, 5.41) is 10.1. The number of aromatic nitrogens is 1. The number of carboxylic acids is 1. The Balaban J connectivity index is 2.30. The second-order valence-corrected chi connectivity index (χ2v) is 4.82. The second-order valence-electron chi connectivity index (χ2n) is 4.38. The summed E-state index contributed by atoms with van der Waals surface area (Å²) in [4.78, 5) is 13.8. The standard InChI is InChI=1S/C15H9ClFNO2/c16-9-4-5-12(17)11(7-9)10-3-1-2-8-6-13(15(19)20)18-14(8)10/h1-7,18H,(H,19,20). The van der Waals surface area contributed by atoms with Gasteiger partial charge in [0, 0.05) is 21.5 Å². The van der Waals surface area contributed by atoms with Gasteiger partial charge in [-0.25, -0.2) is 9.18 Å². The molecule has 0 aliphatic rings. The molecule has 0 bridgehead atoms. The molecule has 0 radical (unpaired) electrons. The Morgan fingerprint density at radius 3 is 2.70 bits per heavy atom. The first-order valence-corrected chi connectivity index (χ1v) is 6.24. The van der Waals surface area contributed by atoms with E-state index in [-0.39, 0.29) is 5.69 Å². The molecule has 0 saturated heterocycles. The Bertz CT molecular complexity index is 826. The van der Waals surface area contributed by atoms with E-state index in [2.05, 4.69) is 4.98 Å². The summed E-state index contributed by atoms with van der Waals surface area (Å²) >= 11 is 5.90. The van der Waals surface area contributed by atoms with Crippen LogP contribution in [0.15, 0.2) is 42.5 Å². The SMILES string of the molecule is O=C(O)c1cc2cccc(-c3cc(Cl)ccc3F)c2[nH]1. The van der Waals surface area contributed by atoms with Gasteiger partial charge in [0.25, 0.3) is 0 Å². The number of aromatic amines is 1. The predicted octanol–water partition coefficient (Wildman–Crippen LogP) is 4.33. The van der Waals surface area contributed by atoms with Crippen LogP contribution in [0.5, 0.6) is 0 Å². The molecular formula is C15H9ClFNO2. The minimum Gasteiger partial charge on any atom is -0.477 e. The Labute approximate surface area is 118 Å². The van der Waals surface area contributed by atoms with E-state index in [0.29, 0.717) is 27.1 Å². The van der Waals surface area contributed by atoms with Crippen molar-refractivity contribution in [1.82, 2.24) is 4.98 Å². The van der Waals surface area contributed by atoms with E-state index in [4.69, 9.17) is 16.7 Å². The molecule has 2 N–H and O–H groups in total. The van der Waals surface area contributed by atoms with E-state index in [1.807, 2.05) is 0 Å². The van der Waals surface area contributed by atoms with Crippen molar-refractivity contribution < 1.29 is 14.3 Å². The smallest absolute Gasteiger partial charge is 0.352 e. The van der Waals surface area contributed by atoms with Crippen molar-refractivity contribution >= 4 is 28.5 Å². The molecule has 1 aromatic heterocycles. The first-order chi connectivity index (χ1) is 9.56. The van der Waals surface area contributed by atoms with Crippen LogP contribution >= 0.6 is 11.6 Å². The van der Waals surface area contributed by atoms with Gasteiger partial charge in [0.2, 0.25) is 0 Å². The van der Waals surface area contributed by atoms with E-state index in [1.165, 1.54) is 24.3 Å². The third kappa shape index (κ3) is 2.04. The molecule has 3 aromatic rings. The number of halogens is 2. The molecule has 0 aliphatic heterocycles. The zero-order valence-electron chi connectivity index (χ0n) is 10.2. The molecule has 3 rings (SSSR count). The van der Waals surface area contributed by atoms with Crippen LogP contribution in [0.3, 0.4) is 0 Å². The lowest BCUT2D eigenvalue weighted by atomic mass is 10.0. The Kier molecular flexibility index (Phi) is 2.95. The van der Waals surface area contributed by atoms with Crippen molar-refractivity contribution in [2.24, 2.45) is 0 Å². The predicted molar refractivity (Wildman–Crippen MR) is 75.7 cm³/mol. The molecule has 100 valence electrons. The second kappa shape index (κ2) is 4.65. The minimum absolute atomic E-state index is 0.0647. The molecule has 1 heterocycles. The molecule has 0 unspecified atom stereocenters. The van der Waals surface area contributed by atoms with E-state index >= 15 is 0 Å². The van der Waals surface area contributed by atoms with Gasteiger partial charge in [-0.3, -0.25) is 0 Å². The van der Waals surface area contributed by atoms with Crippen molar-refractivity contribution in [3.05, 3.63) is 59.0 Å². The summed E-state index contributed by atoms with van der Waals surface area (Å²) in [5.74, 6) is -1.47. The summed E-state index contributed by atoms with van der Waals surface area (Å²) in [5.41, 5.74) is 1.55. The Hall–Kier alpha value is -2.33. The Morgan fingerprint density at radius 1 is 1.15 bits per heavy atom. The largest absolute Gasteiger partial charge is 0.477 e. The van der Waals surface area contributed by atoms with Crippen LogP contribution in [0, 0.1) is 5.82 Å². The highest BCUT2D eigenvalue weighted by Gasteiger charge is 2.13. The zero-order valence-corrected chi connectivity index (χ0v) is 10.9. The number of hydrogen-bond donors (Lipinski definition) is 2. The van der Waals surface area contributed by atoms with Crippen LogP contribution in [0.1, 0.15) is 10.5 Å². The Morgan fingerprint density at radius 2 is 1.95 bits per heavy atom. The van der Waals surface area contributed by atoms with Crippen LogP contribution in [-0.4, -0.2) is 16.1 Å². The molecule has 0 aliphatic carbocycles. The van der Waals surface area contributed by atoms with Crippen LogP contribution in [0.4, 0.5) is 4.39 Å². The van der Waals surface area contributed by atoms with Crippen LogP contribution < -0.4 is 0 Å². The monoisotopic (exact) mass is 289 g/mol. The van der Waals surface area contributed by atoms with E-state index in [9.17, 15) is 9.18 Å². The van der Waals surface area contributed by atoms with Gasteiger partial charge in [-0.1, -0.05) is 29.8 Å². The number of carboxylic acid groups (broad SMARTS) is 1. The normalized spacial score (nSPS) is 10.9. The van der Waals surface area contributed by atoms with Crippen molar-refractivity contribution in [3.63, 3.8) is 0 Å². The number of aromatic carboxylic acids is 1. The van der Waals surface area contributed by atoms with Gasteiger partial charge in [0.05, 0.1) is 5.52 Å². The molecule has 0 amide bonds. The highest BCUT2D eigenvalue weighted by Crippen LogP contribution is 2.32. The highest BCUT2D eigenvalue weighted by atomic mass is 35.5. The van der Waals surface area contributed by atoms with Crippen molar-refractivity contribution in [2.75, 3.05) is 0 Å². The number of fused-ring (bicyclic) bond motifs is 1. The minimum atomic E-state index is -1.06. The topological polar surface area (TPSA) is 53.1 Å². The van der Waals surface area contributed by atoms with Gasteiger partial charge in [0.1, 0.15) is 11.5 Å². The van der Waals surface area contributed by atoms with Gasteiger partial charge >= 0.3 is 5.97 Å². The van der Waals surface area contributed by atoms with Crippen LogP contribution in [0.25, 0.3) is 22.0 Å². The maximum Gasteiger partial charge on any atom is 0.352 e. The molecule has 0 atom stereocenters. The summed E-state index contributed by atoms with van der Waals surface area (Å²) in [6.45, 7) is 0. The molecule has 5 heteroatoms. The maximum atomic E-state index is 14.0. The van der Waals surface area contributed by atoms with Crippen LogP contribution in [-0.2, 0) is 0 Å². The molecule has 0 fully saturated rings. The first kappa shape index (κ1) is 12.7. The molecular weight excluding hydrogens is 281 g/mol. The third-order valence-corrected chi connectivity index (χ3v) is 3.34. The molecule has 3 nitrogen and oxygen atoms in total. The number of H-pyrrole nitrogens is 1. The molecule has 0 saturated carbocycles. The number of carbonyl (C=O) groups is 1. The van der Waals surface area contributed by atoms with Gasteiger partial charge in [-0.2, -0.15) is 0 Å². The van der Waals surface area contributed by atoms with E-state index in [1.54, 1.807) is 18.2 Å². The average Bonchev–Trinajstić information content (AvgIpc) is 2.85. The number of hydrogen-bond acceptors (Lipinski definition) is 1. The fourth-order valence-corrected chi connectivity index (χ4v) is 2.37. The number of rotatable bonds is 2. The van der Waals surface area contributed by atoms with Gasteiger partial charge in [-0.05, 0) is 24.3 Å². The fraction of sp³-hybridized carbons (Fsp3) is 0. The number of benzene rings is 2. The fourth-order valence-electron chi connectivity index (χ4n) is 2.20. The van der Waals surface area contributed by atoms with Crippen molar-refractivity contribution in [2.45, 2.75) is 0 Å². The van der Waals surface area contributed by atoms with Crippen molar-refractivity contribution in [1.29, 1.82) is 0 Å². The maximum absolute atomic E-state index is 14.0. The van der Waals surface area contributed by atoms with Gasteiger partial charge in [0.15, 0.2) is 0 Å². The number of para-hydroxylation sites is 1. The molecule has 0 spiro atoms. The molecule has 2 aromatic carbocycles. The van der Waals surface area contributed by atoms with Gasteiger partial charge < -0.3 is 10.1 Å². The summed E-state index contributed by atoms with van der Waals surface area (Å²) < 4.78 is 14.0. The quantitative estimate of drug-likeness (QED) is 0.738. The lowest BCUT2D eigenvalue weighted by Gasteiger charge is -2.06. The summed E-state index contributed by atoms with van der Waals surface area (Å²) in [6.07, 6.45) is 0. The zero-order chi connectivity index (χ0) is 14.3. The first-order valence-electron chi connectivity index (χ1n) is 5.87. The van der Waals surface area contributed by atoms with E-state index in [0.717, 1.165) is 0 Å². The van der Waals surface area contributed by atoms with Crippen LogP contribution in [0.2, 0.25) is 5.02 Å². The highest BCUT2D eigenvalue weighted by molar-refractivity contribution is 6.30. The van der Waals surface area contributed by atoms with E-state index < -0.39 is 11.8 Å². The summed E-state index contributed by atoms with van der Waals surface area (Å²) in [7, 11) is 0. The lowest BCUT2D eigenvalue weighted by molar-refractivity contribution is 0.0691. The number of nitrogens with one attached hydrogen (secondary N) is 1. The molecule has 20 heavy (non-hydrogen) atoms.